The van der Waals surface area contributed by atoms with Gasteiger partial charge < -0.3 is 9.47 Å². The first-order valence-electron chi connectivity index (χ1n) is 10.2. The fourth-order valence-corrected chi connectivity index (χ4v) is 2.97. The molecular weight excluding hydrogens is 416 g/mol. The van der Waals surface area contributed by atoms with Crippen LogP contribution < -0.4 is 4.74 Å². The molecule has 170 valence electrons. The number of hydrogen-bond acceptors (Lipinski definition) is 5. The summed E-state index contributed by atoms with van der Waals surface area (Å²) < 4.78 is 39.9. The van der Waals surface area contributed by atoms with Gasteiger partial charge in [-0.1, -0.05) is 55.7 Å². The van der Waals surface area contributed by atoms with Crippen molar-refractivity contribution in [2.24, 2.45) is 0 Å². The molecule has 0 radical (unpaired) electrons. The number of methoxy groups -OCH3 is 1. The van der Waals surface area contributed by atoms with E-state index in [9.17, 15) is 13.2 Å². The maximum atomic E-state index is 11.8. The summed E-state index contributed by atoms with van der Waals surface area (Å²) >= 11 is 0. The fraction of sp³-hybridized carbons (Fsp3) is 0.375. The zero-order valence-electron chi connectivity index (χ0n) is 18.6. The number of rotatable bonds is 9. The van der Waals surface area contributed by atoms with Crippen molar-refractivity contribution >= 4 is 16.1 Å². The van der Waals surface area contributed by atoms with Gasteiger partial charge in [0.05, 0.1) is 12.0 Å². The third-order valence-electron chi connectivity index (χ3n) is 4.43. The number of benzene rings is 2. The Bertz CT molecular complexity index is 929. The Morgan fingerprint density at radius 1 is 1.03 bits per heavy atom. The van der Waals surface area contributed by atoms with Gasteiger partial charge in [-0.2, -0.15) is 8.42 Å². The van der Waals surface area contributed by atoms with Gasteiger partial charge in [0.15, 0.2) is 0 Å². The normalized spacial score (nSPS) is 11.3. The second-order valence-corrected chi connectivity index (χ2v) is 8.52. The highest BCUT2D eigenvalue weighted by Crippen LogP contribution is 2.13. The Morgan fingerprint density at radius 3 is 2.16 bits per heavy atom. The maximum absolute atomic E-state index is 11.8. The topological polar surface area (TPSA) is 89.9 Å². The van der Waals surface area contributed by atoms with E-state index in [4.69, 9.17) is 14.0 Å². The van der Waals surface area contributed by atoms with E-state index in [0.717, 1.165) is 29.7 Å². The van der Waals surface area contributed by atoms with Gasteiger partial charge in [-0.3, -0.25) is 4.55 Å². The Balaban J connectivity index is 0.000000367. The second kappa shape index (κ2) is 13.6. The van der Waals surface area contributed by atoms with Crippen LogP contribution in [0.4, 0.5) is 0 Å². The molecule has 31 heavy (non-hydrogen) atoms. The van der Waals surface area contributed by atoms with Crippen molar-refractivity contribution in [2.75, 3.05) is 7.11 Å². The summed E-state index contributed by atoms with van der Waals surface area (Å²) in [6.07, 6.45) is 6.42. The predicted molar refractivity (Wildman–Crippen MR) is 122 cm³/mol. The Labute approximate surface area is 185 Å². The van der Waals surface area contributed by atoms with E-state index in [1.807, 2.05) is 44.2 Å². The van der Waals surface area contributed by atoms with Crippen LogP contribution >= 0.6 is 0 Å². The lowest BCUT2D eigenvalue weighted by atomic mass is 10.1. The minimum absolute atomic E-state index is 0.0666. The molecule has 0 heterocycles. The van der Waals surface area contributed by atoms with Crippen LogP contribution in [0, 0.1) is 6.92 Å². The molecule has 0 aromatic heterocycles. The first-order valence-corrected chi connectivity index (χ1v) is 11.6. The van der Waals surface area contributed by atoms with E-state index < -0.39 is 10.1 Å². The first-order chi connectivity index (χ1) is 14.7. The van der Waals surface area contributed by atoms with Gasteiger partial charge in [0.2, 0.25) is 0 Å². The summed E-state index contributed by atoms with van der Waals surface area (Å²) in [5.74, 6) is 0.560. The minimum Gasteiger partial charge on any atom is -0.497 e. The molecule has 0 saturated carbocycles. The van der Waals surface area contributed by atoms with E-state index in [1.165, 1.54) is 25.0 Å². The average molecular weight is 449 g/mol. The standard InChI is InChI=1S/C17H24O3.C7H8O3S/c1-4-5-6-7-8-14(2)17(18)20-13-15-9-11-16(19-3)12-10-15;1-6-2-4-7(5-3-6)11(8,9)10/h8-12H,4-7,13H2,1-3H3;2-5H,1H3,(H,8,9,10). The average Bonchev–Trinajstić information content (AvgIpc) is 2.75. The van der Waals surface area contributed by atoms with Crippen LogP contribution in [-0.4, -0.2) is 26.0 Å². The van der Waals surface area contributed by atoms with Gasteiger partial charge in [0, 0.05) is 5.57 Å². The molecule has 0 bridgehead atoms. The SMILES string of the molecule is CCCCCC=C(C)C(=O)OCc1ccc(OC)cc1.Cc1ccc(S(=O)(=O)O)cc1. The Kier molecular flexibility index (Phi) is 11.6. The highest BCUT2D eigenvalue weighted by molar-refractivity contribution is 7.85. The molecule has 2 aromatic rings. The van der Waals surface area contributed by atoms with Crippen molar-refractivity contribution < 1.29 is 27.2 Å². The van der Waals surface area contributed by atoms with Gasteiger partial charge in [0.25, 0.3) is 10.1 Å². The molecule has 0 spiro atoms. The quantitative estimate of drug-likeness (QED) is 0.236. The molecule has 0 saturated heterocycles. The number of esters is 1. The zero-order chi connectivity index (χ0) is 23.3. The van der Waals surface area contributed by atoms with Crippen molar-refractivity contribution in [1.29, 1.82) is 0 Å². The number of allylic oxidation sites excluding steroid dienone is 1. The van der Waals surface area contributed by atoms with Gasteiger partial charge in [-0.05, 0) is 56.5 Å². The molecule has 0 fully saturated rings. The third kappa shape index (κ3) is 10.8. The Morgan fingerprint density at radius 2 is 1.65 bits per heavy atom. The molecule has 2 rings (SSSR count). The highest BCUT2D eigenvalue weighted by Gasteiger charge is 2.07. The van der Waals surface area contributed by atoms with E-state index in [0.29, 0.717) is 12.2 Å². The van der Waals surface area contributed by atoms with E-state index in [2.05, 4.69) is 6.92 Å². The maximum Gasteiger partial charge on any atom is 0.333 e. The van der Waals surface area contributed by atoms with Crippen LogP contribution in [0.1, 0.15) is 50.7 Å². The molecular formula is C24H32O6S. The van der Waals surface area contributed by atoms with E-state index in [1.54, 1.807) is 19.2 Å². The smallest absolute Gasteiger partial charge is 0.333 e. The van der Waals surface area contributed by atoms with Crippen molar-refractivity contribution in [2.45, 2.75) is 58.0 Å². The molecule has 0 atom stereocenters. The summed E-state index contributed by atoms with van der Waals surface area (Å²) in [6.45, 7) is 6.11. The summed E-state index contributed by atoms with van der Waals surface area (Å²) in [7, 11) is -2.39. The molecule has 2 aromatic carbocycles. The number of unbranched alkanes of at least 4 members (excludes halogenated alkanes) is 3. The molecule has 0 amide bonds. The van der Waals surface area contributed by atoms with Crippen LogP contribution in [0.25, 0.3) is 0 Å². The lowest BCUT2D eigenvalue weighted by molar-refractivity contribution is -0.140. The molecule has 1 N–H and O–H groups in total. The summed E-state index contributed by atoms with van der Waals surface area (Å²) in [4.78, 5) is 11.7. The minimum atomic E-state index is -4.02. The third-order valence-corrected chi connectivity index (χ3v) is 5.30. The monoisotopic (exact) mass is 448 g/mol. The van der Waals surface area contributed by atoms with Crippen LogP contribution in [0.2, 0.25) is 0 Å². The summed E-state index contributed by atoms with van der Waals surface area (Å²) in [6, 6.07) is 13.5. The van der Waals surface area contributed by atoms with Crippen LogP contribution in [0.15, 0.2) is 65.1 Å². The molecule has 6 nitrogen and oxygen atoms in total. The molecule has 0 unspecified atom stereocenters. The van der Waals surface area contributed by atoms with Gasteiger partial charge >= 0.3 is 5.97 Å². The van der Waals surface area contributed by atoms with Crippen molar-refractivity contribution in [3.05, 3.63) is 71.3 Å². The number of carbonyl (C=O) groups is 1. The number of aryl methyl sites for hydroxylation is 1. The number of hydrogen-bond donors (Lipinski definition) is 1. The van der Waals surface area contributed by atoms with Gasteiger partial charge in [-0.25, -0.2) is 4.79 Å². The van der Waals surface area contributed by atoms with E-state index in [-0.39, 0.29) is 10.9 Å². The largest absolute Gasteiger partial charge is 0.497 e. The highest BCUT2D eigenvalue weighted by atomic mass is 32.2. The summed E-state index contributed by atoms with van der Waals surface area (Å²) in [5, 5.41) is 0. The zero-order valence-corrected chi connectivity index (χ0v) is 19.4. The van der Waals surface area contributed by atoms with Gasteiger partial charge in [-0.15, -0.1) is 0 Å². The lowest BCUT2D eigenvalue weighted by Crippen LogP contribution is -2.05. The number of ether oxygens (including phenoxy) is 2. The van der Waals surface area contributed by atoms with Crippen molar-refractivity contribution in [3.8, 4) is 5.75 Å². The molecule has 0 aliphatic carbocycles. The fourth-order valence-electron chi connectivity index (χ4n) is 2.49. The van der Waals surface area contributed by atoms with Crippen LogP contribution in [-0.2, 0) is 26.3 Å². The lowest BCUT2D eigenvalue weighted by Gasteiger charge is -2.06. The second-order valence-electron chi connectivity index (χ2n) is 7.10. The first kappa shape index (κ1) is 26.4. The number of carbonyl (C=O) groups excluding carboxylic acids is 1. The molecule has 0 aliphatic rings. The molecule has 7 heteroatoms. The van der Waals surface area contributed by atoms with Crippen LogP contribution in [0.5, 0.6) is 5.75 Å². The van der Waals surface area contributed by atoms with Crippen molar-refractivity contribution in [1.82, 2.24) is 0 Å². The van der Waals surface area contributed by atoms with E-state index >= 15 is 0 Å². The Hall–Kier alpha value is -2.64. The predicted octanol–water partition coefficient (Wildman–Crippen LogP) is 5.51. The summed E-state index contributed by atoms with van der Waals surface area (Å²) in [5.41, 5.74) is 2.60. The molecule has 0 aliphatic heterocycles. The van der Waals surface area contributed by atoms with Crippen LogP contribution in [0.3, 0.4) is 0 Å². The van der Waals surface area contributed by atoms with Crippen molar-refractivity contribution in [3.63, 3.8) is 0 Å². The van der Waals surface area contributed by atoms with Gasteiger partial charge in [0.1, 0.15) is 12.4 Å².